The maximum Gasteiger partial charge on any atom is 0.243 e. The predicted molar refractivity (Wildman–Crippen MR) is 77.3 cm³/mol. The Balaban J connectivity index is 1.78. The van der Waals surface area contributed by atoms with Gasteiger partial charge < -0.3 is 10.3 Å². The molecule has 1 heterocycles. The molecule has 1 aliphatic carbocycles. The zero-order chi connectivity index (χ0) is 14.1. The van der Waals surface area contributed by atoms with Crippen LogP contribution < -0.4 is 5.73 Å². The van der Waals surface area contributed by atoms with Gasteiger partial charge in [0.25, 0.3) is 0 Å². The van der Waals surface area contributed by atoms with Crippen molar-refractivity contribution in [2.45, 2.75) is 45.1 Å². The Labute approximate surface area is 119 Å². The molecule has 0 spiro atoms. The molecule has 1 aliphatic rings. The Bertz CT molecular complexity index is 591. The SMILES string of the molecule is CC(C)C(N)c1nc(C2CCc3ccccc3C2)no1. The summed E-state index contributed by atoms with van der Waals surface area (Å²) >= 11 is 0. The number of nitrogens with zero attached hydrogens (tertiary/aromatic N) is 2. The van der Waals surface area contributed by atoms with Crippen molar-refractivity contribution in [2.75, 3.05) is 0 Å². The lowest BCUT2D eigenvalue weighted by molar-refractivity contribution is 0.320. The van der Waals surface area contributed by atoms with E-state index < -0.39 is 0 Å². The van der Waals surface area contributed by atoms with Crippen molar-refractivity contribution < 1.29 is 4.52 Å². The lowest BCUT2D eigenvalue weighted by Gasteiger charge is -2.21. The molecule has 0 amide bonds. The number of aromatic nitrogens is 2. The second-order valence-electron chi connectivity index (χ2n) is 5.97. The summed E-state index contributed by atoms with van der Waals surface area (Å²) in [5, 5.41) is 4.15. The minimum Gasteiger partial charge on any atom is -0.338 e. The third-order valence-electron chi connectivity index (χ3n) is 4.17. The molecule has 0 aliphatic heterocycles. The van der Waals surface area contributed by atoms with Gasteiger partial charge in [0.05, 0.1) is 6.04 Å². The molecule has 0 bridgehead atoms. The second kappa shape index (κ2) is 5.37. The Hall–Kier alpha value is -1.68. The minimum atomic E-state index is -0.174. The Kier molecular flexibility index (Phi) is 3.57. The largest absolute Gasteiger partial charge is 0.338 e. The molecule has 20 heavy (non-hydrogen) atoms. The van der Waals surface area contributed by atoms with E-state index in [-0.39, 0.29) is 6.04 Å². The van der Waals surface area contributed by atoms with Crippen LogP contribution in [0.15, 0.2) is 28.8 Å². The number of benzene rings is 1. The molecule has 0 saturated carbocycles. The first kappa shape index (κ1) is 13.3. The van der Waals surface area contributed by atoms with E-state index >= 15 is 0 Å². The molecule has 0 saturated heterocycles. The zero-order valence-electron chi connectivity index (χ0n) is 12.0. The highest BCUT2D eigenvalue weighted by Gasteiger charge is 2.26. The van der Waals surface area contributed by atoms with E-state index in [1.807, 2.05) is 0 Å². The van der Waals surface area contributed by atoms with Gasteiger partial charge in [-0.25, -0.2) is 0 Å². The molecule has 106 valence electrons. The average molecular weight is 271 g/mol. The molecule has 4 nitrogen and oxygen atoms in total. The summed E-state index contributed by atoms with van der Waals surface area (Å²) in [4.78, 5) is 4.53. The predicted octanol–water partition coefficient (Wildman–Crippen LogP) is 3.00. The van der Waals surface area contributed by atoms with Gasteiger partial charge in [0, 0.05) is 5.92 Å². The fraction of sp³-hybridized carbons (Fsp3) is 0.500. The quantitative estimate of drug-likeness (QED) is 0.932. The van der Waals surface area contributed by atoms with Gasteiger partial charge in [-0.1, -0.05) is 43.3 Å². The number of hydrogen-bond donors (Lipinski definition) is 1. The van der Waals surface area contributed by atoms with Crippen molar-refractivity contribution >= 4 is 0 Å². The molecular weight excluding hydrogens is 250 g/mol. The number of hydrogen-bond acceptors (Lipinski definition) is 4. The molecule has 0 radical (unpaired) electrons. The second-order valence-corrected chi connectivity index (χ2v) is 5.97. The van der Waals surface area contributed by atoms with Crippen LogP contribution in [0.4, 0.5) is 0 Å². The molecule has 3 rings (SSSR count). The third kappa shape index (κ3) is 2.48. The van der Waals surface area contributed by atoms with Gasteiger partial charge in [-0.3, -0.25) is 0 Å². The van der Waals surface area contributed by atoms with E-state index in [1.54, 1.807) is 0 Å². The highest BCUT2D eigenvalue weighted by Crippen LogP contribution is 2.31. The van der Waals surface area contributed by atoms with Crippen LogP contribution in [-0.2, 0) is 12.8 Å². The van der Waals surface area contributed by atoms with E-state index in [9.17, 15) is 0 Å². The van der Waals surface area contributed by atoms with Gasteiger partial charge in [0.15, 0.2) is 5.82 Å². The van der Waals surface area contributed by atoms with Gasteiger partial charge in [-0.05, 0) is 36.3 Å². The lowest BCUT2D eigenvalue weighted by Crippen LogP contribution is -2.18. The van der Waals surface area contributed by atoms with Crippen LogP contribution in [0.3, 0.4) is 0 Å². The van der Waals surface area contributed by atoms with Gasteiger partial charge in [-0.15, -0.1) is 0 Å². The third-order valence-corrected chi connectivity index (χ3v) is 4.17. The fourth-order valence-corrected chi connectivity index (χ4v) is 2.75. The first-order valence-electron chi connectivity index (χ1n) is 7.31. The molecule has 2 N–H and O–H groups in total. The molecule has 2 unspecified atom stereocenters. The summed E-state index contributed by atoms with van der Waals surface area (Å²) in [6.07, 6.45) is 3.15. The van der Waals surface area contributed by atoms with Crippen LogP contribution in [-0.4, -0.2) is 10.1 Å². The highest BCUT2D eigenvalue weighted by molar-refractivity contribution is 5.31. The minimum absolute atomic E-state index is 0.174. The van der Waals surface area contributed by atoms with Crippen LogP contribution in [0, 0.1) is 5.92 Å². The van der Waals surface area contributed by atoms with Crippen LogP contribution in [0.1, 0.15) is 55.1 Å². The molecule has 2 aromatic rings. The van der Waals surface area contributed by atoms with Crippen molar-refractivity contribution in [3.8, 4) is 0 Å². The number of rotatable bonds is 3. The first-order chi connectivity index (χ1) is 9.65. The van der Waals surface area contributed by atoms with E-state index in [4.69, 9.17) is 10.3 Å². The number of fused-ring (bicyclic) bond motifs is 1. The van der Waals surface area contributed by atoms with Crippen LogP contribution in [0.5, 0.6) is 0 Å². The van der Waals surface area contributed by atoms with Gasteiger partial charge >= 0.3 is 0 Å². The van der Waals surface area contributed by atoms with Crippen LogP contribution >= 0.6 is 0 Å². The van der Waals surface area contributed by atoms with Crippen LogP contribution in [0.25, 0.3) is 0 Å². The topological polar surface area (TPSA) is 64.9 Å². The fourth-order valence-electron chi connectivity index (χ4n) is 2.75. The number of aryl methyl sites for hydroxylation is 1. The molecular formula is C16H21N3O. The molecule has 0 fully saturated rings. The standard InChI is InChI=1S/C16H21N3O/c1-10(2)14(17)16-18-15(19-20-16)13-8-7-11-5-3-4-6-12(11)9-13/h3-6,10,13-14H,7-9,17H2,1-2H3. The van der Waals surface area contributed by atoms with E-state index in [1.165, 1.54) is 11.1 Å². The van der Waals surface area contributed by atoms with E-state index in [0.29, 0.717) is 17.7 Å². The van der Waals surface area contributed by atoms with E-state index in [0.717, 1.165) is 25.1 Å². The summed E-state index contributed by atoms with van der Waals surface area (Å²) < 4.78 is 5.34. The molecule has 2 atom stereocenters. The van der Waals surface area contributed by atoms with Crippen LogP contribution in [0.2, 0.25) is 0 Å². The van der Waals surface area contributed by atoms with Gasteiger partial charge in [-0.2, -0.15) is 4.98 Å². The summed E-state index contributed by atoms with van der Waals surface area (Å²) in [5.41, 5.74) is 8.92. The van der Waals surface area contributed by atoms with Crippen molar-refractivity contribution in [1.82, 2.24) is 10.1 Å². The van der Waals surface area contributed by atoms with Crippen molar-refractivity contribution in [1.29, 1.82) is 0 Å². The van der Waals surface area contributed by atoms with Gasteiger partial charge in [0.2, 0.25) is 5.89 Å². The van der Waals surface area contributed by atoms with Crippen molar-refractivity contribution in [3.63, 3.8) is 0 Å². The number of nitrogens with two attached hydrogens (primary N) is 1. The Morgan fingerprint density at radius 1 is 1.25 bits per heavy atom. The normalized spacial score (nSPS) is 19.9. The Morgan fingerprint density at radius 2 is 2.00 bits per heavy atom. The summed E-state index contributed by atoms with van der Waals surface area (Å²) in [7, 11) is 0. The van der Waals surface area contributed by atoms with Gasteiger partial charge in [0.1, 0.15) is 0 Å². The maximum atomic E-state index is 6.06. The lowest BCUT2D eigenvalue weighted by atomic mass is 9.83. The molecule has 1 aromatic carbocycles. The maximum absolute atomic E-state index is 6.06. The molecule has 4 heteroatoms. The van der Waals surface area contributed by atoms with E-state index in [2.05, 4.69) is 48.3 Å². The zero-order valence-corrected chi connectivity index (χ0v) is 12.0. The first-order valence-corrected chi connectivity index (χ1v) is 7.31. The Morgan fingerprint density at radius 3 is 2.75 bits per heavy atom. The monoisotopic (exact) mass is 271 g/mol. The average Bonchev–Trinajstić information content (AvgIpc) is 2.95. The molecule has 1 aromatic heterocycles. The van der Waals surface area contributed by atoms with Crippen molar-refractivity contribution in [2.24, 2.45) is 11.7 Å². The highest BCUT2D eigenvalue weighted by atomic mass is 16.5. The van der Waals surface area contributed by atoms with Crippen molar-refractivity contribution in [3.05, 3.63) is 47.1 Å². The summed E-state index contributed by atoms with van der Waals surface area (Å²) in [6.45, 7) is 4.12. The summed E-state index contributed by atoms with van der Waals surface area (Å²) in [5.74, 6) is 2.02. The smallest absolute Gasteiger partial charge is 0.243 e. The summed E-state index contributed by atoms with van der Waals surface area (Å²) in [6, 6.07) is 8.43.